The Labute approximate surface area is 125 Å². The molecule has 1 N–H and O–H groups in total. The van der Waals surface area contributed by atoms with E-state index in [1.165, 1.54) is 13.2 Å². The van der Waals surface area contributed by atoms with Gasteiger partial charge in [0.05, 0.1) is 7.11 Å². The smallest absolute Gasteiger partial charge is 0.244 e. The summed E-state index contributed by atoms with van der Waals surface area (Å²) in [6, 6.07) is 7.31. The summed E-state index contributed by atoms with van der Waals surface area (Å²) in [5, 5.41) is 11.4. The second kappa shape index (κ2) is 8.64. The van der Waals surface area contributed by atoms with E-state index in [0.717, 1.165) is 12.0 Å². The highest BCUT2D eigenvalue weighted by atomic mass is 16.5. The van der Waals surface area contributed by atoms with Crippen LogP contribution in [0, 0.1) is 11.3 Å². The number of ether oxygens (including phenoxy) is 2. The quantitative estimate of drug-likeness (QED) is 0.783. The lowest BCUT2D eigenvalue weighted by atomic mass is 10.2. The first-order chi connectivity index (χ1) is 10.1. The van der Waals surface area contributed by atoms with Crippen LogP contribution in [0.1, 0.15) is 25.8 Å². The number of hydrogen-bond acceptors (Lipinski definition) is 4. The first-order valence-corrected chi connectivity index (χ1v) is 6.77. The second-order valence-electron chi connectivity index (χ2n) is 4.51. The molecule has 0 saturated heterocycles. The van der Waals surface area contributed by atoms with Crippen LogP contribution in [0.25, 0.3) is 6.08 Å². The molecule has 1 aromatic carbocycles. The third kappa shape index (κ3) is 5.57. The van der Waals surface area contributed by atoms with Crippen molar-refractivity contribution in [2.75, 3.05) is 13.7 Å². The number of amides is 1. The molecule has 0 bridgehead atoms. The number of nitriles is 1. The van der Waals surface area contributed by atoms with Gasteiger partial charge in [-0.2, -0.15) is 5.26 Å². The molecule has 5 heteroatoms. The third-order valence-corrected chi connectivity index (χ3v) is 2.91. The van der Waals surface area contributed by atoms with Crippen molar-refractivity contribution in [1.82, 2.24) is 5.32 Å². The molecule has 5 nitrogen and oxygen atoms in total. The van der Waals surface area contributed by atoms with Crippen molar-refractivity contribution < 1.29 is 14.3 Å². The van der Waals surface area contributed by atoms with Crippen LogP contribution in [0.2, 0.25) is 0 Å². The van der Waals surface area contributed by atoms with Crippen LogP contribution in [0.3, 0.4) is 0 Å². The number of methoxy groups -OCH3 is 1. The Hall–Kier alpha value is -2.48. The third-order valence-electron chi connectivity index (χ3n) is 2.91. The summed E-state index contributed by atoms with van der Waals surface area (Å²) >= 11 is 0. The lowest BCUT2D eigenvalue weighted by molar-refractivity contribution is -0.117. The first kappa shape index (κ1) is 16.6. The molecule has 1 amide bonds. The molecule has 0 aliphatic carbocycles. The van der Waals surface area contributed by atoms with Crippen LogP contribution < -0.4 is 14.8 Å². The molecule has 0 fully saturated rings. The Bertz CT molecular complexity index is 547. The fourth-order valence-electron chi connectivity index (χ4n) is 1.58. The van der Waals surface area contributed by atoms with Gasteiger partial charge in [0, 0.05) is 12.1 Å². The normalized spacial score (nSPS) is 11.7. The monoisotopic (exact) mass is 288 g/mol. The first-order valence-electron chi connectivity index (χ1n) is 6.77. The predicted octanol–water partition coefficient (Wildman–Crippen LogP) is 2.53. The van der Waals surface area contributed by atoms with Crippen LogP contribution in [-0.4, -0.2) is 25.7 Å². The van der Waals surface area contributed by atoms with Crippen molar-refractivity contribution in [3.63, 3.8) is 0 Å². The van der Waals surface area contributed by atoms with Gasteiger partial charge in [0.2, 0.25) is 5.91 Å². The standard InChI is InChI=1S/C16H20N2O3/c1-4-12(2)18-16(19)8-6-13-5-7-14(21-10-9-17)15(11-13)20-3/h5-8,11-12H,4,10H2,1-3H3,(H,18,19)/b8-6+. The van der Waals surface area contributed by atoms with E-state index < -0.39 is 0 Å². The van der Waals surface area contributed by atoms with E-state index in [4.69, 9.17) is 14.7 Å². The van der Waals surface area contributed by atoms with Crippen LogP contribution in [0.4, 0.5) is 0 Å². The predicted molar refractivity (Wildman–Crippen MR) is 81.0 cm³/mol. The van der Waals surface area contributed by atoms with Gasteiger partial charge in [0.25, 0.3) is 0 Å². The minimum Gasteiger partial charge on any atom is -0.493 e. The number of carbonyl (C=O) groups excluding carboxylic acids is 1. The highest BCUT2D eigenvalue weighted by molar-refractivity contribution is 5.91. The van der Waals surface area contributed by atoms with Crippen molar-refractivity contribution in [1.29, 1.82) is 5.26 Å². The highest BCUT2D eigenvalue weighted by Gasteiger charge is 2.05. The lowest BCUT2D eigenvalue weighted by Crippen LogP contribution is -2.30. The maximum absolute atomic E-state index is 11.7. The molecule has 0 radical (unpaired) electrons. The number of nitrogens with one attached hydrogen (secondary N) is 1. The van der Waals surface area contributed by atoms with Crippen molar-refractivity contribution >= 4 is 12.0 Å². The molecule has 1 atom stereocenters. The summed E-state index contributed by atoms with van der Waals surface area (Å²) < 4.78 is 10.4. The summed E-state index contributed by atoms with van der Waals surface area (Å²) in [5.74, 6) is 0.892. The van der Waals surface area contributed by atoms with Crippen molar-refractivity contribution in [3.8, 4) is 17.6 Å². The van der Waals surface area contributed by atoms with E-state index in [2.05, 4.69) is 5.32 Å². The second-order valence-corrected chi connectivity index (χ2v) is 4.51. The number of hydrogen-bond donors (Lipinski definition) is 1. The number of benzene rings is 1. The average molecular weight is 288 g/mol. The van der Waals surface area contributed by atoms with Gasteiger partial charge in [-0.1, -0.05) is 13.0 Å². The Morgan fingerprint density at radius 1 is 1.48 bits per heavy atom. The summed E-state index contributed by atoms with van der Waals surface area (Å²) in [7, 11) is 1.53. The summed E-state index contributed by atoms with van der Waals surface area (Å²) in [4.78, 5) is 11.7. The summed E-state index contributed by atoms with van der Waals surface area (Å²) in [5.41, 5.74) is 0.815. The molecule has 0 aliphatic rings. The zero-order chi connectivity index (χ0) is 15.7. The van der Waals surface area contributed by atoms with Crippen LogP contribution in [-0.2, 0) is 4.79 Å². The zero-order valence-corrected chi connectivity index (χ0v) is 12.6. The van der Waals surface area contributed by atoms with Gasteiger partial charge in [-0.05, 0) is 37.1 Å². The van der Waals surface area contributed by atoms with E-state index in [0.29, 0.717) is 11.5 Å². The molecule has 0 heterocycles. The minimum absolute atomic E-state index is 0.0388. The lowest BCUT2D eigenvalue weighted by Gasteiger charge is -2.09. The molecule has 0 aliphatic heterocycles. The van der Waals surface area contributed by atoms with Gasteiger partial charge in [-0.25, -0.2) is 0 Å². The minimum atomic E-state index is -0.131. The number of rotatable bonds is 7. The largest absolute Gasteiger partial charge is 0.493 e. The molecule has 1 unspecified atom stereocenters. The van der Waals surface area contributed by atoms with E-state index in [-0.39, 0.29) is 18.6 Å². The molecular formula is C16H20N2O3. The average Bonchev–Trinajstić information content (AvgIpc) is 2.50. The van der Waals surface area contributed by atoms with Gasteiger partial charge in [-0.15, -0.1) is 0 Å². The molecule has 0 spiro atoms. The van der Waals surface area contributed by atoms with Crippen molar-refractivity contribution in [2.45, 2.75) is 26.3 Å². The van der Waals surface area contributed by atoms with Gasteiger partial charge < -0.3 is 14.8 Å². The van der Waals surface area contributed by atoms with E-state index in [1.807, 2.05) is 19.9 Å². The number of carbonyl (C=O) groups is 1. The number of nitrogens with zero attached hydrogens (tertiary/aromatic N) is 1. The Balaban J connectivity index is 2.76. The Morgan fingerprint density at radius 3 is 2.86 bits per heavy atom. The topological polar surface area (TPSA) is 71.3 Å². The van der Waals surface area contributed by atoms with Gasteiger partial charge in [0.1, 0.15) is 6.07 Å². The Kier molecular flexibility index (Phi) is 6.82. The molecule has 1 rings (SSSR count). The van der Waals surface area contributed by atoms with Crippen molar-refractivity contribution in [3.05, 3.63) is 29.8 Å². The molecule has 0 saturated carbocycles. The molecule has 112 valence electrons. The van der Waals surface area contributed by atoms with Gasteiger partial charge in [0.15, 0.2) is 18.1 Å². The van der Waals surface area contributed by atoms with E-state index >= 15 is 0 Å². The fourth-order valence-corrected chi connectivity index (χ4v) is 1.58. The van der Waals surface area contributed by atoms with Gasteiger partial charge >= 0.3 is 0 Å². The SMILES string of the molecule is CCC(C)NC(=O)/C=C/c1ccc(OCC#N)c(OC)c1. The van der Waals surface area contributed by atoms with E-state index in [1.54, 1.807) is 24.3 Å². The van der Waals surface area contributed by atoms with Crippen LogP contribution in [0.15, 0.2) is 24.3 Å². The zero-order valence-electron chi connectivity index (χ0n) is 12.6. The van der Waals surface area contributed by atoms with Crippen molar-refractivity contribution in [2.24, 2.45) is 0 Å². The summed E-state index contributed by atoms with van der Waals surface area (Å²) in [6.07, 6.45) is 4.07. The molecular weight excluding hydrogens is 268 g/mol. The van der Waals surface area contributed by atoms with Crippen LogP contribution in [0.5, 0.6) is 11.5 Å². The Morgan fingerprint density at radius 2 is 2.24 bits per heavy atom. The highest BCUT2D eigenvalue weighted by Crippen LogP contribution is 2.28. The maximum Gasteiger partial charge on any atom is 0.244 e. The molecule has 0 aromatic heterocycles. The van der Waals surface area contributed by atoms with E-state index in [9.17, 15) is 4.79 Å². The maximum atomic E-state index is 11.7. The van der Waals surface area contributed by atoms with Gasteiger partial charge in [-0.3, -0.25) is 4.79 Å². The fraction of sp³-hybridized carbons (Fsp3) is 0.375. The molecule has 21 heavy (non-hydrogen) atoms. The summed E-state index contributed by atoms with van der Waals surface area (Å²) in [6.45, 7) is 3.93. The molecule has 1 aromatic rings. The van der Waals surface area contributed by atoms with Crippen LogP contribution >= 0.6 is 0 Å².